The molecule has 3 aromatic rings. The minimum atomic E-state index is -4.90. The molecule has 2 aromatic carbocycles. The lowest BCUT2D eigenvalue weighted by Gasteiger charge is -2.27. The van der Waals surface area contributed by atoms with Gasteiger partial charge in [-0.3, -0.25) is 24.2 Å². The Bertz CT molecular complexity index is 1440. The zero-order valence-corrected chi connectivity index (χ0v) is 23.0. The molecule has 0 bridgehead atoms. The molecule has 2 aliphatic heterocycles. The molecule has 0 aliphatic carbocycles. The van der Waals surface area contributed by atoms with Gasteiger partial charge in [-0.25, -0.2) is 0 Å². The summed E-state index contributed by atoms with van der Waals surface area (Å²) < 4.78 is 47.6. The molecular weight excluding hydrogens is 553 g/mol. The molecule has 0 N–H and O–H groups in total. The number of rotatable bonds is 8. The lowest BCUT2D eigenvalue weighted by molar-refractivity contribution is -0.274. The topological polar surface area (TPSA) is 102 Å². The lowest BCUT2D eigenvalue weighted by Crippen LogP contribution is -2.36. The van der Waals surface area contributed by atoms with Crippen molar-refractivity contribution in [2.24, 2.45) is 5.92 Å². The SMILES string of the molecule is CC(C)c1ccc(C(=O)C2C(=O)C(=O)N(c3ccc(CN4CCOCC4)nn3)C2c2ccc(OC(F)(F)F)cc2)cc1. The second kappa shape index (κ2) is 12.0. The molecule has 220 valence electrons. The van der Waals surface area contributed by atoms with E-state index in [9.17, 15) is 27.6 Å². The molecule has 2 atom stereocenters. The summed E-state index contributed by atoms with van der Waals surface area (Å²) in [5.74, 6) is -4.14. The predicted molar refractivity (Wildman–Crippen MR) is 145 cm³/mol. The number of anilines is 1. The number of halogens is 3. The molecule has 1 amide bonds. The molecule has 0 saturated carbocycles. The van der Waals surface area contributed by atoms with Gasteiger partial charge in [-0.1, -0.05) is 50.2 Å². The Kier molecular flexibility index (Phi) is 8.37. The van der Waals surface area contributed by atoms with Gasteiger partial charge >= 0.3 is 6.36 Å². The smallest absolute Gasteiger partial charge is 0.406 e. The molecule has 0 spiro atoms. The van der Waals surface area contributed by atoms with Crippen LogP contribution in [0.4, 0.5) is 19.0 Å². The van der Waals surface area contributed by atoms with E-state index in [1.165, 1.54) is 12.1 Å². The first-order valence-electron chi connectivity index (χ1n) is 13.5. The summed E-state index contributed by atoms with van der Waals surface area (Å²) in [7, 11) is 0. The van der Waals surface area contributed by atoms with Crippen LogP contribution in [0, 0.1) is 5.92 Å². The van der Waals surface area contributed by atoms with E-state index in [1.807, 2.05) is 13.8 Å². The maximum atomic E-state index is 13.7. The standard InChI is InChI=1S/C30H29F3N4O5/c1-18(2)19-3-5-21(6-4-19)27(38)25-26(20-7-10-23(11-8-20)42-30(31,32)33)37(29(40)28(25)39)24-12-9-22(34-35-24)17-36-13-15-41-16-14-36/h3-12,18,25-26H,13-17H2,1-2H3. The van der Waals surface area contributed by atoms with Gasteiger partial charge in [0.2, 0.25) is 5.78 Å². The van der Waals surface area contributed by atoms with Crippen molar-refractivity contribution < 1.29 is 37.0 Å². The maximum absolute atomic E-state index is 13.7. The van der Waals surface area contributed by atoms with Crippen molar-refractivity contribution in [3.05, 3.63) is 83.0 Å². The summed E-state index contributed by atoms with van der Waals surface area (Å²) in [5, 5.41) is 8.46. The first-order valence-corrected chi connectivity index (χ1v) is 13.5. The fourth-order valence-electron chi connectivity index (χ4n) is 5.15. The summed E-state index contributed by atoms with van der Waals surface area (Å²) in [4.78, 5) is 43.8. The van der Waals surface area contributed by atoms with E-state index in [4.69, 9.17) is 4.74 Å². The second-order valence-corrected chi connectivity index (χ2v) is 10.5. The molecule has 12 heteroatoms. The van der Waals surface area contributed by atoms with Gasteiger partial charge in [-0.05, 0) is 41.3 Å². The number of hydrogen-bond acceptors (Lipinski definition) is 8. The highest BCUT2D eigenvalue weighted by Crippen LogP contribution is 2.41. The highest BCUT2D eigenvalue weighted by molar-refractivity contribution is 6.48. The Labute approximate surface area is 240 Å². The molecule has 2 aliphatic rings. The van der Waals surface area contributed by atoms with E-state index in [0.29, 0.717) is 25.5 Å². The van der Waals surface area contributed by atoms with Gasteiger partial charge in [0.1, 0.15) is 11.7 Å². The predicted octanol–water partition coefficient (Wildman–Crippen LogP) is 4.49. The summed E-state index contributed by atoms with van der Waals surface area (Å²) in [6, 6.07) is 13.6. The molecule has 2 fully saturated rings. The van der Waals surface area contributed by atoms with Crippen LogP contribution in [0.2, 0.25) is 0 Å². The van der Waals surface area contributed by atoms with Gasteiger partial charge in [0.25, 0.3) is 5.91 Å². The largest absolute Gasteiger partial charge is 0.573 e. The van der Waals surface area contributed by atoms with Crippen LogP contribution in [0.1, 0.15) is 53.0 Å². The number of aromatic nitrogens is 2. The van der Waals surface area contributed by atoms with Gasteiger partial charge < -0.3 is 9.47 Å². The molecule has 1 aromatic heterocycles. The average Bonchev–Trinajstić information content (AvgIpc) is 3.23. The number of ketones is 2. The Morgan fingerprint density at radius 2 is 1.64 bits per heavy atom. The molecule has 0 radical (unpaired) electrons. The van der Waals surface area contributed by atoms with E-state index in [2.05, 4.69) is 19.8 Å². The molecular formula is C30H29F3N4O5. The van der Waals surface area contributed by atoms with E-state index < -0.39 is 41.5 Å². The molecule has 3 heterocycles. The van der Waals surface area contributed by atoms with Crippen LogP contribution in [0.3, 0.4) is 0 Å². The minimum Gasteiger partial charge on any atom is -0.406 e. The van der Waals surface area contributed by atoms with Crippen molar-refractivity contribution in [3.8, 4) is 5.75 Å². The first-order chi connectivity index (χ1) is 20.0. The number of morpholine rings is 1. The Balaban J connectivity index is 1.49. The summed E-state index contributed by atoms with van der Waals surface area (Å²) in [5.41, 5.74) is 2.13. The van der Waals surface area contributed by atoms with Crippen LogP contribution >= 0.6 is 0 Å². The van der Waals surface area contributed by atoms with Gasteiger partial charge in [0, 0.05) is 25.2 Å². The first kappa shape index (κ1) is 29.3. The Morgan fingerprint density at radius 1 is 0.976 bits per heavy atom. The normalized spacial score (nSPS) is 19.9. The van der Waals surface area contributed by atoms with Gasteiger partial charge in [0.05, 0.1) is 24.9 Å². The van der Waals surface area contributed by atoms with Crippen molar-refractivity contribution in [1.82, 2.24) is 15.1 Å². The fraction of sp³-hybridized carbons (Fsp3) is 0.367. The van der Waals surface area contributed by atoms with Crippen molar-refractivity contribution in [1.29, 1.82) is 0 Å². The van der Waals surface area contributed by atoms with Gasteiger partial charge in [0.15, 0.2) is 11.6 Å². The molecule has 9 nitrogen and oxygen atoms in total. The number of amides is 1. The van der Waals surface area contributed by atoms with Crippen molar-refractivity contribution >= 4 is 23.3 Å². The molecule has 42 heavy (non-hydrogen) atoms. The van der Waals surface area contributed by atoms with E-state index in [1.54, 1.807) is 36.4 Å². The van der Waals surface area contributed by atoms with Crippen LogP contribution in [0.5, 0.6) is 5.75 Å². The number of hydrogen-bond donors (Lipinski definition) is 0. The Morgan fingerprint density at radius 3 is 2.21 bits per heavy atom. The monoisotopic (exact) mass is 582 g/mol. The van der Waals surface area contributed by atoms with Crippen LogP contribution in [0.15, 0.2) is 60.7 Å². The number of Topliss-reactive ketones (excluding diaryl/α,β-unsaturated/α-hetero) is 2. The van der Waals surface area contributed by atoms with Crippen LogP contribution in [0.25, 0.3) is 0 Å². The average molecular weight is 583 g/mol. The zero-order chi connectivity index (χ0) is 30.0. The number of carbonyl (C=O) groups is 3. The molecule has 2 saturated heterocycles. The number of carbonyl (C=O) groups excluding carboxylic acids is 3. The quantitative estimate of drug-likeness (QED) is 0.218. The van der Waals surface area contributed by atoms with Crippen molar-refractivity contribution in [2.45, 2.75) is 38.7 Å². The third kappa shape index (κ3) is 6.34. The third-order valence-electron chi connectivity index (χ3n) is 7.35. The van der Waals surface area contributed by atoms with Crippen LogP contribution < -0.4 is 9.64 Å². The fourth-order valence-corrected chi connectivity index (χ4v) is 5.15. The second-order valence-electron chi connectivity index (χ2n) is 10.5. The zero-order valence-electron chi connectivity index (χ0n) is 23.0. The third-order valence-corrected chi connectivity index (χ3v) is 7.35. The minimum absolute atomic E-state index is 0.0464. The van der Waals surface area contributed by atoms with Crippen molar-refractivity contribution in [2.75, 3.05) is 31.2 Å². The number of alkyl halides is 3. The highest BCUT2D eigenvalue weighted by atomic mass is 19.4. The van der Waals surface area contributed by atoms with Crippen molar-refractivity contribution in [3.63, 3.8) is 0 Å². The number of ether oxygens (including phenoxy) is 2. The maximum Gasteiger partial charge on any atom is 0.573 e. The molecule has 5 rings (SSSR count). The summed E-state index contributed by atoms with van der Waals surface area (Å²) in [6.45, 7) is 7.22. The van der Waals surface area contributed by atoms with E-state index in [0.717, 1.165) is 35.7 Å². The highest BCUT2D eigenvalue weighted by Gasteiger charge is 2.53. The summed E-state index contributed by atoms with van der Waals surface area (Å²) >= 11 is 0. The van der Waals surface area contributed by atoms with E-state index in [-0.39, 0.29) is 22.9 Å². The van der Waals surface area contributed by atoms with Gasteiger partial charge in [-0.2, -0.15) is 5.10 Å². The van der Waals surface area contributed by atoms with Gasteiger partial charge in [-0.15, -0.1) is 18.3 Å². The lowest BCUT2D eigenvalue weighted by atomic mass is 9.86. The van der Waals surface area contributed by atoms with Crippen LogP contribution in [-0.4, -0.2) is 65.2 Å². The number of nitrogens with zero attached hydrogens (tertiary/aromatic N) is 4. The molecule has 2 unspecified atom stereocenters. The van der Waals surface area contributed by atoms with E-state index >= 15 is 0 Å². The Hall–Kier alpha value is -4.16. The summed E-state index contributed by atoms with van der Waals surface area (Å²) in [6.07, 6.45) is -4.90. The number of benzene rings is 2. The van der Waals surface area contributed by atoms with Crippen LogP contribution in [-0.2, 0) is 20.9 Å².